The van der Waals surface area contributed by atoms with Gasteiger partial charge in [-0.2, -0.15) is 0 Å². The van der Waals surface area contributed by atoms with E-state index in [1.54, 1.807) is 23.9 Å². The minimum Gasteiger partial charge on any atom is -0.331 e. The maximum Gasteiger partial charge on any atom is 0.319 e. The number of carbonyl (C=O) groups excluding carboxylic acids is 2. The Kier molecular flexibility index (Phi) is 6.97. The highest BCUT2D eigenvalue weighted by molar-refractivity contribution is 7.15. The summed E-state index contributed by atoms with van der Waals surface area (Å²) in [6, 6.07) is 10.3. The Morgan fingerprint density at radius 3 is 2.75 bits per heavy atom. The normalized spacial score (nSPS) is 16.6. The van der Waals surface area contributed by atoms with Crippen LogP contribution < -0.4 is 5.32 Å². The van der Waals surface area contributed by atoms with Gasteiger partial charge in [0, 0.05) is 33.6 Å². The monoisotopic (exact) mass is 401 g/mol. The van der Waals surface area contributed by atoms with E-state index in [2.05, 4.69) is 27.6 Å². The quantitative estimate of drug-likeness (QED) is 0.807. The zero-order chi connectivity index (χ0) is 19.9. The molecule has 0 radical (unpaired) electrons. The minimum absolute atomic E-state index is 0.0471. The number of nitrogens with one attached hydrogen (secondary N) is 1. The van der Waals surface area contributed by atoms with Crippen molar-refractivity contribution in [1.29, 1.82) is 0 Å². The molecule has 1 aromatic heterocycles. The molecule has 0 aliphatic carbocycles. The number of aryl methyl sites for hydroxylation is 2. The fraction of sp³-hybridized carbons (Fsp3) is 0.500. The summed E-state index contributed by atoms with van der Waals surface area (Å²) < 4.78 is 0. The van der Waals surface area contributed by atoms with E-state index in [0.29, 0.717) is 18.2 Å². The second-order valence-corrected chi connectivity index (χ2v) is 8.35. The molecule has 1 fully saturated rings. The standard InChI is InChI=1S/C20H27N5O2S/c1-24(2)20(27)25-13-7-11-16(14-25)18(26)21-19-23-22-17(28-19)12-6-10-15-8-4-3-5-9-15/h3-5,8-9,16H,6-7,10-14H2,1-2H3,(H,21,23,26). The van der Waals surface area contributed by atoms with Crippen molar-refractivity contribution in [3.8, 4) is 0 Å². The first-order chi connectivity index (χ1) is 13.5. The van der Waals surface area contributed by atoms with Crippen LogP contribution in [0.4, 0.5) is 9.93 Å². The lowest BCUT2D eigenvalue weighted by atomic mass is 9.97. The zero-order valence-corrected chi connectivity index (χ0v) is 17.2. The summed E-state index contributed by atoms with van der Waals surface area (Å²) in [4.78, 5) is 28.0. The first-order valence-electron chi connectivity index (χ1n) is 9.66. The molecule has 1 N–H and O–H groups in total. The molecular formula is C20H27N5O2S. The van der Waals surface area contributed by atoms with Crippen molar-refractivity contribution in [2.75, 3.05) is 32.5 Å². The SMILES string of the molecule is CN(C)C(=O)N1CCCC(C(=O)Nc2nnc(CCCc3ccccc3)s2)C1. The molecule has 2 heterocycles. The lowest BCUT2D eigenvalue weighted by Gasteiger charge is -2.33. The van der Waals surface area contributed by atoms with Crippen LogP contribution in [0.1, 0.15) is 29.8 Å². The van der Waals surface area contributed by atoms with Crippen molar-refractivity contribution < 1.29 is 9.59 Å². The Bertz CT molecular complexity index is 793. The number of anilines is 1. The Morgan fingerprint density at radius 1 is 1.21 bits per heavy atom. The maximum absolute atomic E-state index is 12.6. The number of piperidine rings is 1. The number of rotatable bonds is 6. The number of likely N-dealkylation sites (tertiary alicyclic amines) is 1. The molecule has 8 heteroatoms. The largest absolute Gasteiger partial charge is 0.331 e. The van der Waals surface area contributed by atoms with Gasteiger partial charge in [0.2, 0.25) is 11.0 Å². The summed E-state index contributed by atoms with van der Waals surface area (Å²) in [5.41, 5.74) is 1.31. The van der Waals surface area contributed by atoms with Gasteiger partial charge in [0.15, 0.2) is 0 Å². The lowest BCUT2D eigenvalue weighted by Crippen LogP contribution is -2.47. The highest BCUT2D eigenvalue weighted by Gasteiger charge is 2.29. The fourth-order valence-electron chi connectivity index (χ4n) is 3.35. The molecule has 3 amide bonds. The van der Waals surface area contributed by atoms with Crippen LogP contribution in [0.5, 0.6) is 0 Å². The third-order valence-corrected chi connectivity index (χ3v) is 5.74. The molecule has 1 unspecified atom stereocenters. The second kappa shape index (κ2) is 9.64. The van der Waals surface area contributed by atoms with Crippen LogP contribution in [-0.4, -0.2) is 59.1 Å². The van der Waals surface area contributed by atoms with E-state index >= 15 is 0 Å². The molecular weight excluding hydrogens is 374 g/mol. The molecule has 0 spiro atoms. The lowest BCUT2D eigenvalue weighted by molar-refractivity contribution is -0.121. The summed E-state index contributed by atoms with van der Waals surface area (Å²) in [6.45, 7) is 1.15. The summed E-state index contributed by atoms with van der Waals surface area (Å²) in [7, 11) is 3.46. The Balaban J connectivity index is 1.47. The Labute approximate surface area is 169 Å². The number of hydrogen-bond donors (Lipinski definition) is 1. The van der Waals surface area contributed by atoms with Crippen molar-refractivity contribution in [2.45, 2.75) is 32.1 Å². The van der Waals surface area contributed by atoms with Crippen molar-refractivity contribution >= 4 is 28.4 Å². The highest BCUT2D eigenvalue weighted by Crippen LogP contribution is 2.22. The van der Waals surface area contributed by atoms with Crippen LogP contribution in [0.25, 0.3) is 0 Å². The number of amides is 3. The maximum atomic E-state index is 12.6. The number of aromatic nitrogens is 2. The van der Waals surface area contributed by atoms with E-state index in [1.165, 1.54) is 16.9 Å². The number of hydrogen-bond acceptors (Lipinski definition) is 5. The van der Waals surface area contributed by atoms with Crippen molar-refractivity contribution in [3.63, 3.8) is 0 Å². The van der Waals surface area contributed by atoms with Gasteiger partial charge >= 0.3 is 6.03 Å². The van der Waals surface area contributed by atoms with Crippen LogP contribution >= 0.6 is 11.3 Å². The Hall–Kier alpha value is -2.48. The van der Waals surface area contributed by atoms with Gasteiger partial charge in [-0.1, -0.05) is 41.7 Å². The molecule has 1 aliphatic heterocycles. The first-order valence-corrected chi connectivity index (χ1v) is 10.5. The fourth-order valence-corrected chi connectivity index (χ4v) is 4.13. The van der Waals surface area contributed by atoms with E-state index < -0.39 is 0 Å². The zero-order valence-electron chi connectivity index (χ0n) is 16.4. The van der Waals surface area contributed by atoms with Gasteiger partial charge in [-0.3, -0.25) is 4.79 Å². The number of nitrogens with zero attached hydrogens (tertiary/aromatic N) is 4. The topological polar surface area (TPSA) is 78.4 Å². The van der Waals surface area contributed by atoms with Gasteiger partial charge in [-0.15, -0.1) is 10.2 Å². The van der Waals surface area contributed by atoms with E-state index in [1.807, 2.05) is 18.2 Å². The number of urea groups is 1. The molecule has 0 bridgehead atoms. The molecule has 3 rings (SSSR count). The predicted octanol–water partition coefficient (Wildman–Crippen LogP) is 3.05. The molecule has 0 saturated carbocycles. The van der Waals surface area contributed by atoms with E-state index in [9.17, 15) is 9.59 Å². The van der Waals surface area contributed by atoms with Crippen molar-refractivity contribution in [2.24, 2.45) is 5.92 Å². The van der Waals surface area contributed by atoms with Crippen LogP contribution in [0.2, 0.25) is 0 Å². The summed E-state index contributed by atoms with van der Waals surface area (Å²) >= 11 is 1.43. The van der Waals surface area contributed by atoms with E-state index in [-0.39, 0.29) is 17.9 Å². The average Bonchev–Trinajstić information content (AvgIpc) is 3.15. The molecule has 2 aromatic rings. The van der Waals surface area contributed by atoms with Crippen LogP contribution in [0.3, 0.4) is 0 Å². The Morgan fingerprint density at radius 2 is 2.00 bits per heavy atom. The van der Waals surface area contributed by atoms with Crippen LogP contribution in [0.15, 0.2) is 30.3 Å². The van der Waals surface area contributed by atoms with E-state index in [0.717, 1.165) is 37.1 Å². The molecule has 1 atom stereocenters. The average molecular weight is 402 g/mol. The van der Waals surface area contributed by atoms with Gasteiger partial charge < -0.3 is 15.1 Å². The summed E-state index contributed by atoms with van der Waals surface area (Å²) in [5.74, 6) is -0.286. The number of carbonyl (C=O) groups is 2. The third-order valence-electron chi connectivity index (χ3n) is 4.84. The van der Waals surface area contributed by atoms with Gasteiger partial charge in [-0.05, 0) is 31.2 Å². The van der Waals surface area contributed by atoms with Crippen LogP contribution in [0, 0.1) is 5.92 Å². The smallest absolute Gasteiger partial charge is 0.319 e. The predicted molar refractivity (Wildman–Crippen MR) is 110 cm³/mol. The van der Waals surface area contributed by atoms with Crippen molar-refractivity contribution in [3.05, 3.63) is 40.9 Å². The van der Waals surface area contributed by atoms with Gasteiger partial charge in [0.1, 0.15) is 5.01 Å². The van der Waals surface area contributed by atoms with Gasteiger partial charge in [0.25, 0.3) is 0 Å². The van der Waals surface area contributed by atoms with Gasteiger partial charge in [0.05, 0.1) is 5.92 Å². The molecule has 1 saturated heterocycles. The van der Waals surface area contributed by atoms with E-state index in [4.69, 9.17) is 0 Å². The molecule has 1 aliphatic rings. The highest BCUT2D eigenvalue weighted by atomic mass is 32.1. The third kappa shape index (κ3) is 5.51. The first kappa shape index (κ1) is 20.3. The molecule has 150 valence electrons. The second-order valence-electron chi connectivity index (χ2n) is 7.29. The minimum atomic E-state index is -0.205. The molecule has 7 nitrogen and oxygen atoms in total. The van der Waals surface area contributed by atoms with Gasteiger partial charge in [-0.25, -0.2) is 4.79 Å². The number of benzene rings is 1. The molecule has 28 heavy (non-hydrogen) atoms. The van der Waals surface area contributed by atoms with Crippen molar-refractivity contribution in [1.82, 2.24) is 20.0 Å². The summed E-state index contributed by atoms with van der Waals surface area (Å²) in [5, 5.41) is 12.7. The molecule has 1 aromatic carbocycles. The summed E-state index contributed by atoms with van der Waals surface area (Å²) in [6.07, 6.45) is 4.46. The van der Waals surface area contributed by atoms with Crippen LogP contribution in [-0.2, 0) is 17.6 Å².